The van der Waals surface area contributed by atoms with E-state index in [9.17, 15) is 4.79 Å². The molecule has 3 N–H and O–H groups in total. The van der Waals surface area contributed by atoms with E-state index in [-0.39, 0.29) is 35.6 Å². The zero-order valence-electron chi connectivity index (χ0n) is 28.5. The fourth-order valence-corrected chi connectivity index (χ4v) is 7.53. The quantitative estimate of drug-likeness (QED) is 0.196. The van der Waals surface area contributed by atoms with E-state index in [1.54, 1.807) is 7.11 Å². The molecule has 7 heteroatoms. The van der Waals surface area contributed by atoms with Crippen LogP contribution >= 0.6 is 12.4 Å². The Kier molecular flexibility index (Phi) is 12.6. The summed E-state index contributed by atoms with van der Waals surface area (Å²) in [5, 5.41) is 11.0. The number of nitrogens with zero attached hydrogens (tertiary/aromatic N) is 1. The fourth-order valence-electron chi connectivity index (χ4n) is 7.53. The molecule has 1 aliphatic heterocycles. The second-order valence-electron chi connectivity index (χ2n) is 14.5. The van der Waals surface area contributed by atoms with Crippen LogP contribution < -0.4 is 20.7 Å². The van der Waals surface area contributed by atoms with Gasteiger partial charge in [-0.2, -0.15) is 0 Å². The van der Waals surface area contributed by atoms with Crippen molar-refractivity contribution in [3.8, 4) is 16.9 Å². The smallest absolute Gasteiger partial charge is 0.317 e. The number of benzene rings is 3. The number of piperidine rings is 1. The van der Waals surface area contributed by atoms with Gasteiger partial charge in [0.15, 0.2) is 0 Å². The monoisotopic (exact) mass is 646 g/mol. The Morgan fingerprint density at radius 1 is 0.870 bits per heavy atom. The summed E-state index contributed by atoms with van der Waals surface area (Å²) in [5.74, 6) is 0.845. The number of ether oxygens (including phenoxy) is 1. The summed E-state index contributed by atoms with van der Waals surface area (Å²) in [6.45, 7) is 11.3. The average molecular weight is 647 g/mol. The maximum atomic E-state index is 13.7. The molecule has 2 amide bonds. The highest BCUT2D eigenvalue weighted by Gasteiger charge is 2.37. The van der Waals surface area contributed by atoms with Gasteiger partial charge in [-0.05, 0) is 99.7 Å². The van der Waals surface area contributed by atoms with Crippen LogP contribution in [-0.4, -0.2) is 47.7 Å². The largest absolute Gasteiger partial charge is 0.497 e. The Hall–Kier alpha value is -3.06. The first-order valence-corrected chi connectivity index (χ1v) is 17.0. The first kappa shape index (κ1) is 35.8. The van der Waals surface area contributed by atoms with Crippen molar-refractivity contribution in [3.05, 3.63) is 89.5 Å². The average Bonchev–Trinajstić information content (AvgIpc) is 3.01. The van der Waals surface area contributed by atoms with Crippen molar-refractivity contribution in [3.63, 3.8) is 0 Å². The molecular weight excluding hydrogens is 592 g/mol. The third kappa shape index (κ3) is 10.2. The lowest BCUT2D eigenvalue weighted by atomic mass is 9.79. The van der Waals surface area contributed by atoms with E-state index in [0.29, 0.717) is 19.1 Å². The Morgan fingerprint density at radius 2 is 1.57 bits per heavy atom. The molecule has 2 fully saturated rings. The van der Waals surface area contributed by atoms with Gasteiger partial charge in [0.2, 0.25) is 0 Å². The molecule has 3 aromatic carbocycles. The molecule has 250 valence electrons. The van der Waals surface area contributed by atoms with Gasteiger partial charge in [-0.15, -0.1) is 12.4 Å². The molecule has 1 saturated carbocycles. The van der Waals surface area contributed by atoms with Gasteiger partial charge < -0.3 is 25.6 Å². The van der Waals surface area contributed by atoms with Crippen LogP contribution in [0.1, 0.15) is 89.3 Å². The van der Waals surface area contributed by atoms with E-state index in [1.807, 2.05) is 17.0 Å². The number of hydrogen-bond donors (Lipinski definition) is 3. The Labute approximate surface area is 283 Å². The van der Waals surface area contributed by atoms with Crippen molar-refractivity contribution >= 4 is 18.4 Å². The van der Waals surface area contributed by atoms with Crippen LogP contribution in [0.5, 0.6) is 5.75 Å². The number of carbonyl (C=O) groups is 1. The molecule has 0 bridgehead atoms. The summed E-state index contributed by atoms with van der Waals surface area (Å²) < 4.78 is 5.44. The van der Waals surface area contributed by atoms with Gasteiger partial charge in [0, 0.05) is 42.8 Å². The maximum Gasteiger partial charge on any atom is 0.317 e. The molecule has 46 heavy (non-hydrogen) atoms. The SMILES string of the molecule is COc1cccc(CCN(Cc2ccccc2-c2ccc(CNC3CC(C)(C)NC(C)(C)C3)cc2)C(=O)NC2CCCCC2)c1.Cl. The lowest BCUT2D eigenvalue weighted by Gasteiger charge is -2.46. The summed E-state index contributed by atoms with van der Waals surface area (Å²) in [6.07, 6.45) is 8.79. The molecule has 1 heterocycles. The van der Waals surface area contributed by atoms with Gasteiger partial charge in [-0.25, -0.2) is 4.79 Å². The number of carbonyl (C=O) groups excluding carboxylic acids is 1. The number of rotatable bonds is 11. The molecule has 0 atom stereocenters. The molecule has 0 aromatic heterocycles. The molecule has 0 unspecified atom stereocenters. The zero-order valence-corrected chi connectivity index (χ0v) is 29.3. The second kappa shape index (κ2) is 16.2. The number of hydrogen-bond acceptors (Lipinski definition) is 4. The molecule has 3 aromatic rings. The van der Waals surface area contributed by atoms with E-state index in [1.165, 1.54) is 41.5 Å². The summed E-state index contributed by atoms with van der Waals surface area (Å²) in [7, 11) is 1.69. The number of halogens is 1. The molecule has 1 aliphatic carbocycles. The standard InChI is InChI=1S/C39H54N4O2.ClH/c1-38(2)25-34(26-39(3,4)42-38)40-27-30-18-20-31(21-19-30)36-17-10-9-13-32(36)28-43(37(44)41-33-14-7-6-8-15-33)23-22-29-12-11-16-35(24-29)45-5;/h9-13,16-21,24,33-34,40,42H,6-8,14-15,22-23,25-28H2,1-5H3,(H,41,44);1H. The second-order valence-corrected chi connectivity index (χ2v) is 14.5. The van der Waals surface area contributed by atoms with E-state index in [0.717, 1.165) is 50.0 Å². The van der Waals surface area contributed by atoms with Gasteiger partial charge in [0.05, 0.1) is 7.11 Å². The van der Waals surface area contributed by atoms with Crippen molar-refractivity contribution in [2.45, 2.75) is 115 Å². The lowest BCUT2D eigenvalue weighted by molar-refractivity contribution is 0.145. The van der Waals surface area contributed by atoms with Crippen LogP contribution in [0.15, 0.2) is 72.8 Å². The van der Waals surface area contributed by atoms with Gasteiger partial charge in [0.1, 0.15) is 5.75 Å². The van der Waals surface area contributed by atoms with Crippen molar-refractivity contribution in [2.24, 2.45) is 0 Å². The first-order chi connectivity index (χ1) is 21.6. The molecule has 6 nitrogen and oxygen atoms in total. The van der Waals surface area contributed by atoms with Crippen LogP contribution in [0.2, 0.25) is 0 Å². The first-order valence-electron chi connectivity index (χ1n) is 17.0. The summed E-state index contributed by atoms with van der Waals surface area (Å²) in [4.78, 5) is 15.7. The van der Waals surface area contributed by atoms with Crippen molar-refractivity contribution < 1.29 is 9.53 Å². The highest BCUT2D eigenvalue weighted by molar-refractivity contribution is 5.85. The molecule has 0 spiro atoms. The number of amides is 2. The minimum Gasteiger partial charge on any atom is -0.497 e. The fraction of sp³-hybridized carbons (Fsp3) is 0.513. The summed E-state index contributed by atoms with van der Waals surface area (Å²) >= 11 is 0. The van der Waals surface area contributed by atoms with E-state index < -0.39 is 0 Å². The highest BCUT2D eigenvalue weighted by atomic mass is 35.5. The van der Waals surface area contributed by atoms with Crippen molar-refractivity contribution in [1.29, 1.82) is 0 Å². The summed E-state index contributed by atoms with van der Waals surface area (Å²) in [6, 6.07) is 26.4. The predicted octanol–water partition coefficient (Wildman–Crippen LogP) is 8.27. The van der Waals surface area contributed by atoms with Gasteiger partial charge in [-0.1, -0.05) is 79.9 Å². The van der Waals surface area contributed by atoms with E-state index in [4.69, 9.17) is 4.74 Å². The van der Waals surface area contributed by atoms with Gasteiger partial charge in [-0.3, -0.25) is 0 Å². The third-order valence-electron chi connectivity index (χ3n) is 9.45. The number of nitrogens with one attached hydrogen (secondary N) is 3. The normalized spacial score (nSPS) is 17.9. The highest BCUT2D eigenvalue weighted by Crippen LogP contribution is 2.30. The molecular formula is C39H55ClN4O2. The van der Waals surface area contributed by atoms with Crippen LogP contribution in [0.3, 0.4) is 0 Å². The molecule has 0 radical (unpaired) electrons. The Morgan fingerprint density at radius 3 is 2.26 bits per heavy atom. The minimum atomic E-state index is 0. The molecule has 1 saturated heterocycles. The molecule has 2 aliphatic rings. The van der Waals surface area contributed by atoms with Gasteiger partial charge >= 0.3 is 6.03 Å². The molecule has 5 rings (SSSR count). The minimum absolute atomic E-state index is 0. The Balaban J connectivity index is 0.00000480. The number of methoxy groups -OCH3 is 1. The van der Waals surface area contributed by atoms with Crippen LogP contribution in [0, 0.1) is 0 Å². The lowest BCUT2D eigenvalue weighted by Crippen LogP contribution is -2.61. The zero-order chi connectivity index (χ0) is 31.9. The van der Waals surface area contributed by atoms with Gasteiger partial charge in [0.25, 0.3) is 0 Å². The van der Waals surface area contributed by atoms with Crippen molar-refractivity contribution in [1.82, 2.24) is 20.9 Å². The van der Waals surface area contributed by atoms with Crippen LogP contribution in [-0.2, 0) is 19.5 Å². The third-order valence-corrected chi connectivity index (χ3v) is 9.45. The maximum absolute atomic E-state index is 13.7. The van der Waals surface area contributed by atoms with E-state index >= 15 is 0 Å². The Bertz CT molecular complexity index is 1390. The van der Waals surface area contributed by atoms with Crippen LogP contribution in [0.4, 0.5) is 4.79 Å². The van der Waals surface area contributed by atoms with Crippen molar-refractivity contribution in [2.75, 3.05) is 13.7 Å². The topological polar surface area (TPSA) is 65.6 Å². The van der Waals surface area contributed by atoms with Crippen LogP contribution in [0.25, 0.3) is 11.1 Å². The summed E-state index contributed by atoms with van der Waals surface area (Å²) in [5.41, 5.74) is 6.22. The number of urea groups is 1. The predicted molar refractivity (Wildman–Crippen MR) is 193 cm³/mol. The van der Waals surface area contributed by atoms with E-state index in [2.05, 4.69) is 104 Å².